The van der Waals surface area contributed by atoms with Crippen LogP contribution in [0.4, 0.5) is 0 Å². The van der Waals surface area contributed by atoms with Gasteiger partial charge in [-0.1, -0.05) is 18.2 Å². The monoisotopic (exact) mass is 387 g/mol. The van der Waals surface area contributed by atoms with Gasteiger partial charge in [0.2, 0.25) is 11.7 Å². The van der Waals surface area contributed by atoms with E-state index in [0.717, 1.165) is 33.6 Å². The van der Waals surface area contributed by atoms with Crippen LogP contribution in [0, 0.1) is 13.8 Å². The summed E-state index contributed by atoms with van der Waals surface area (Å²) in [6, 6.07) is 17.3. The molecule has 0 radical (unpaired) electrons. The number of hydrogen-bond acceptors (Lipinski definition) is 5. The summed E-state index contributed by atoms with van der Waals surface area (Å²) in [5.74, 6) is 1.05. The number of nitrogens with zero attached hydrogens (tertiary/aromatic N) is 3. The van der Waals surface area contributed by atoms with E-state index in [1.165, 1.54) is 0 Å². The van der Waals surface area contributed by atoms with Gasteiger partial charge < -0.3 is 14.0 Å². The van der Waals surface area contributed by atoms with Crippen LogP contribution in [-0.2, 0) is 0 Å². The van der Waals surface area contributed by atoms with E-state index < -0.39 is 0 Å². The van der Waals surface area contributed by atoms with Gasteiger partial charge in [-0.05, 0) is 50.2 Å². The zero-order valence-corrected chi connectivity index (χ0v) is 16.5. The van der Waals surface area contributed by atoms with Crippen LogP contribution in [0.25, 0.3) is 16.5 Å². The zero-order chi connectivity index (χ0) is 20.4. The second-order valence-electron chi connectivity index (χ2n) is 6.77. The fraction of sp³-hybridized carbons (Fsp3) is 0.174. The van der Waals surface area contributed by atoms with E-state index in [9.17, 15) is 4.79 Å². The molecule has 4 aromatic rings. The van der Waals surface area contributed by atoms with Crippen LogP contribution in [-0.4, -0.2) is 34.3 Å². The molecule has 0 bridgehead atoms. The lowest BCUT2D eigenvalue weighted by atomic mass is 10.1. The molecule has 146 valence electrons. The second-order valence-corrected chi connectivity index (χ2v) is 6.77. The van der Waals surface area contributed by atoms with Gasteiger partial charge in [-0.25, -0.2) is 0 Å². The van der Waals surface area contributed by atoms with Crippen LogP contribution in [0.2, 0.25) is 0 Å². The van der Waals surface area contributed by atoms with Gasteiger partial charge in [-0.3, -0.25) is 4.79 Å². The molecular weight excluding hydrogens is 366 g/mol. The SMILES string of the molecule is COc1ccc(-n2c(C)cc(C(=O)COc3nncc4ccccc34)c2C)cc1. The number of ketones is 1. The first kappa shape index (κ1) is 18.7. The first-order valence-electron chi connectivity index (χ1n) is 9.28. The van der Waals surface area contributed by atoms with E-state index in [0.29, 0.717) is 11.4 Å². The molecule has 0 unspecified atom stereocenters. The van der Waals surface area contributed by atoms with Gasteiger partial charge in [0.15, 0.2) is 6.61 Å². The maximum atomic E-state index is 12.9. The fourth-order valence-electron chi connectivity index (χ4n) is 3.49. The normalized spacial score (nSPS) is 10.9. The highest BCUT2D eigenvalue weighted by molar-refractivity contribution is 5.99. The third-order valence-electron chi connectivity index (χ3n) is 4.94. The van der Waals surface area contributed by atoms with Gasteiger partial charge in [0.05, 0.1) is 13.3 Å². The van der Waals surface area contributed by atoms with Crippen LogP contribution in [0.1, 0.15) is 21.7 Å². The standard InChI is InChI=1S/C23H21N3O3/c1-15-12-21(16(2)26(15)18-8-10-19(28-3)11-9-18)22(27)14-29-23-20-7-5-4-6-17(20)13-24-25-23/h4-13H,14H2,1-3H3. The molecule has 4 rings (SSSR count). The second kappa shape index (κ2) is 7.75. The predicted octanol–water partition coefficient (Wildman–Crippen LogP) is 4.31. The maximum absolute atomic E-state index is 12.9. The Balaban J connectivity index is 1.57. The van der Waals surface area contributed by atoms with Gasteiger partial charge in [0, 0.05) is 33.4 Å². The van der Waals surface area contributed by atoms with E-state index >= 15 is 0 Å². The van der Waals surface area contributed by atoms with Crippen LogP contribution in [0.3, 0.4) is 0 Å². The molecule has 0 aliphatic carbocycles. The van der Waals surface area contributed by atoms with Crippen LogP contribution in [0.5, 0.6) is 11.6 Å². The highest BCUT2D eigenvalue weighted by Gasteiger charge is 2.18. The number of methoxy groups -OCH3 is 1. The van der Waals surface area contributed by atoms with E-state index in [1.807, 2.05) is 73.0 Å². The third kappa shape index (κ3) is 3.57. The number of rotatable bonds is 6. The summed E-state index contributed by atoms with van der Waals surface area (Å²) in [4.78, 5) is 12.9. The quantitative estimate of drug-likeness (QED) is 0.461. The number of Topliss-reactive ketones (excluding diaryl/α,β-unsaturated/α-hetero) is 1. The Morgan fingerprint density at radius 2 is 1.83 bits per heavy atom. The molecule has 2 aromatic carbocycles. The molecule has 0 aliphatic rings. The highest BCUT2D eigenvalue weighted by Crippen LogP contribution is 2.24. The fourth-order valence-corrected chi connectivity index (χ4v) is 3.49. The number of fused-ring (bicyclic) bond motifs is 1. The van der Waals surface area contributed by atoms with Crippen molar-refractivity contribution in [2.75, 3.05) is 13.7 Å². The molecule has 2 heterocycles. The van der Waals surface area contributed by atoms with Crippen molar-refractivity contribution in [3.8, 4) is 17.3 Å². The van der Waals surface area contributed by atoms with E-state index in [1.54, 1.807) is 13.3 Å². The Morgan fingerprint density at radius 3 is 2.59 bits per heavy atom. The molecule has 6 heteroatoms. The molecule has 0 saturated carbocycles. The Hall–Kier alpha value is -3.67. The first-order chi connectivity index (χ1) is 14.1. The minimum Gasteiger partial charge on any atom is -0.497 e. The molecule has 29 heavy (non-hydrogen) atoms. The molecule has 0 N–H and O–H groups in total. The molecule has 0 atom stereocenters. The number of aromatic nitrogens is 3. The molecule has 0 aliphatic heterocycles. The molecule has 6 nitrogen and oxygen atoms in total. The average molecular weight is 387 g/mol. The van der Waals surface area contributed by atoms with Crippen molar-refractivity contribution >= 4 is 16.6 Å². The Kier molecular flexibility index (Phi) is 4.99. The van der Waals surface area contributed by atoms with Gasteiger partial charge >= 0.3 is 0 Å². The summed E-state index contributed by atoms with van der Waals surface area (Å²) >= 11 is 0. The van der Waals surface area contributed by atoms with Crippen molar-refractivity contribution < 1.29 is 14.3 Å². The summed E-state index contributed by atoms with van der Waals surface area (Å²) in [6.45, 7) is 3.81. The maximum Gasteiger partial charge on any atom is 0.241 e. The number of hydrogen-bond donors (Lipinski definition) is 0. The molecule has 0 saturated heterocycles. The van der Waals surface area contributed by atoms with Crippen molar-refractivity contribution in [3.63, 3.8) is 0 Å². The largest absolute Gasteiger partial charge is 0.497 e. The molecule has 2 aromatic heterocycles. The lowest BCUT2D eigenvalue weighted by Gasteiger charge is -2.11. The topological polar surface area (TPSA) is 66.2 Å². The molecule has 0 amide bonds. The smallest absolute Gasteiger partial charge is 0.241 e. The summed E-state index contributed by atoms with van der Waals surface area (Å²) in [6.07, 6.45) is 1.67. The number of carbonyl (C=O) groups excluding carboxylic acids is 1. The lowest BCUT2D eigenvalue weighted by Crippen LogP contribution is -2.13. The predicted molar refractivity (Wildman–Crippen MR) is 111 cm³/mol. The van der Waals surface area contributed by atoms with Gasteiger partial charge in [-0.2, -0.15) is 5.10 Å². The lowest BCUT2D eigenvalue weighted by molar-refractivity contribution is 0.0918. The number of aryl methyl sites for hydroxylation is 1. The zero-order valence-electron chi connectivity index (χ0n) is 16.5. The molecule has 0 spiro atoms. The minimum absolute atomic E-state index is 0.102. The highest BCUT2D eigenvalue weighted by atomic mass is 16.5. The average Bonchev–Trinajstić information content (AvgIpc) is 3.06. The molecular formula is C23H21N3O3. The van der Waals surface area contributed by atoms with Crippen LogP contribution < -0.4 is 9.47 Å². The van der Waals surface area contributed by atoms with E-state index in [4.69, 9.17) is 9.47 Å². The Bertz CT molecular complexity index is 1170. The van der Waals surface area contributed by atoms with Gasteiger partial charge in [0.1, 0.15) is 5.75 Å². The van der Waals surface area contributed by atoms with Crippen molar-refractivity contribution in [3.05, 3.63) is 77.7 Å². The van der Waals surface area contributed by atoms with Crippen molar-refractivity contribution in [2.24, 2.45) is 0 Å². The van der Waals surface area contributed by atoms with E-state index in [2.05, 4.69) is 10.2 Å². The minimum atomic E-state index is -0.104. The summed E-state index contributed by atoms with van der Waals surface area (Å²) < 4.78 is 13.0. The van der Waals surface area contributed by atoms with Gasteiger partial charge in [0.25, 0.3) is 0 Å². The number of benzene rings is 2. The van der Waals surface area contributed by atoms with E-state index in [-0.39, 0.29) is 12.4 Å². The number of ether oxygens (including phenoxy) is 2. The Morgan fingerprint density at radius 1 is 1.07 bits per heavy atom. The Labute approximate surface area is 168 Å². The van der Waals surface area contributed by atoms with Crippen LogP contribution in [0.15, 0.2) is 60.8 Å². The van der Waals surface area contributed by atoms with Gasteiger partial charge in [-0.15, -0.1) is 5.10 Å². The first-order valence-corrected chi connectivity index (χ1v) is 9.28. The summed E-state index contributed by atoms with van der Waals surface area (Å²) in [5.41, 5.74) is 3.44. The van der Waals surface area contributed by atoms with Crippen molar-refractivity contribution in [2.45, 2.75) is 13.8 Å². The van der Waals surface area contributed by atoms with Crippen LogP contribution >= 0.6 is 0 Å². The molecule has 0 fully saturated rings. The third-order valence-corrected chi connectivity index (χ3v) is 4.94. The summed E-state index contributed by atoms with van der Waals surface area (Å²) in [5, 5.41) is 9.74. The van der Waals surface area contributed by atoms with Crippen molar-refractivity contribution in [1.29, 1.82) is 0 Å². The van der Waals surface area contributed by atoms with Crippen molar-refractivity contribution in [1.82, 2.24) is 14.8 Å². The summed E-state index contributed by atoms with van der Waals surface area (Å²) in [7, 11) is 1.64. The number of carbonyl (C=O) groups is 1.